The molecule has 0 heterocycles. The predicted octanol–water partition coefficient (Wildman–Crippen LogP) is 3.38. The number of thioether (sulfide) groups is 1. The lowest BCUT2D eigenvalue weighted by molar-refractivity contribution is -0.122. The third kappa shape index (κ3) is 4.09. The van der Waals surface area contributed by atoms with E-state index in [0.717, 1.165) is 11.3 Å². The third-order valence-electron chi connectivity index (χ3n) is 3.50. The number of hydrogen-bond acceptors (Lipinski definition) is 3. The van der Waals surface area contributed by atoms with Crippen LogP contribution in [0.5, 0.6) is 0 Å². The Bertz CT molecular complexity index is 610. The molecule has 0 aliphatic rings. The molecule has 1 amide bonds. The number of hydrazine groups is 1. The Morgan fingerprint density at radius 3 is 2.48 bits per heavy atom. The molecule has 0 aromatic heterocycles. The van der Waals surface area contributed by atoms with Crippen LogP contribution in [0, 0.1) is 6.92 Å². The van der Waals surface area contributed by atoms with Gasteiger partial charge in [0.25, 0.3) is 0 Å². The molecule has 1 atom stereocenters. The summed E-state index contributed by atoms with van der Waals surface area (Å²) in [5, 5.41) is 0. The van der Waals surface area contributed by atoms with E-state index in [2.05, 4.69) is 48.7 Å². The van der Waals surface area contributed by atoms with Crippen LogP contribution in [0.3, 0.4) is 0 Å². The van der Waals surface area contributed by atoms with E-state index in [1.54, 1.807) is 0 Å². The van der Waals surface area contributed by atoms with Crippen molar-refractivity contribution in [3.05, 3.63) is 65.2 Å². The number of nitrogens with one attached hydrogen (secondary N) is 1. The van der Waals surface area contributed by atoms with Crippen molar-refractivity contribution in [2.45, 2.75) is 30.4 Å². The van der Waals surface area contributed by atoms with Gasteiger partial charge >= 0.3 is 0 Å². The van der Waals surface area contributed by atoms with Crippen LogP contribution < -0.4 is 11.3 Å². The first kappa shape index (κ1) is 15.6. The molecule has 0 spiro atoms. The van der Waals surface area contributed by atoms with Crippen molar-refractivity contribution in [3.63, 3.8) is 0 Å². The van der Waals surface area contributed by atoms with E-state index >= 15 is 0 Å². The molecule has 2 aromatic rings. The van der Waals surface area contributed by atoms with Crippen LogP contribution in [0.25, 0.3) is 0 Å². The summed E-state index contributed by atoms with van der Waals surface area (Å²) < 4.78 is 0. The van der Waals surface area contributed by atoms with Crippen LogP contribution in [0.4, 0.5) is 0 Å². The highest BCUT2D eigenvalue weighted by Crippen LogP contribution is 2.26. The molecule has 2 rings (SSSR count). The summed E-state index contributed by atoms with van der Waals surface area (Å²) in [6.45, 7) is 3.97. The first-order valence-corrected chi connectivity index (χ1v) is 7.88. The number of carbonyl (C=O) groups is 1. The molecule has 0 fully saturated rings. The fourth-order valence-corrected chi connectivity index (χ4v) is 3.04. The van der Waals surface area contributed by atoms with E-state index in [-0.39, 0.29) is 11.8 Å². The van der Waals surface area contributed by atoms with Crippen LogP contribution in [0.15, 0.2) is 53.4 Å². The van der Waals surface area contributed by atoms with Crippen molar-refractivity contribution in [3.8, 4) is 0 Å². The minimum atomic E-state index is -0.229. The van der Waals surface area contributed by atoms with E-state index in [0.29, 0.717) is 0 Å². The molecule has 110 valence electrons. The maximum absolute atomic E-state index is 11.5. The van der Waals surface area contributed by atoms with E-state index in [1.807, 2.05) is 30.8 Å². The monoisotopic (exact) mass is 300 g/mol. The second-order valence-electron chi connectivity index (χ2n) is 5.03. The molecule has 0 bridgehead atoms. The Balaban J connectivity index is 2.00. The number of hydrogen-bond donors (Lipinski definition) is 2. The zero-order valence-corrected chi connectivity index (χ0v) is 13.1. The van der Waals surface area contributed by atoms with Gasteiger partial charge in [-0.1, -0.05) is 42.5 Å². The first-order chi connectivity index (χ1) is 10.1. The fourth-order valence-electron chi connectivity index (χ4n) is 2.06. The first-order valence-electron chi connectivity index (χ1n) is 6.89. The molecule has 0 saturated heterocycles. The standard InChI is InChI=1S/C17H20N2OS/c1-12-5-3-4-6-16(12)21-11-14-7-9-15(10-8-14)13(2)17(20)19-18/h3-10,13H,11,18H2,1-2H3,(H,19,20). The van der Waals surface area contributed by atoms with Gasteiger partial charge in [0, 0.05) is 10.6 Å². The van der Waals surface area contributed by atoms with Gasteiger partial charge in [0.15, 0.2) is 0 Å². The molecular formula is C17H20N2OS. The molecule has 1 unspecified atom stereocenters. The maximum Gasteiger partial charge on any atom is 0.241 e. The Morgan fingerprint density at radius 1 is 1.19 bits per heavy atom. The van der Waals surface area contributed by atoms with Gasteiger partial charge in [-0.15, -0.1) is 11.8 Å². The highest BCUT2D eigenvalue weighted by molar-refractivity contribution is 7.98. The average Bonchev–Trinajstić information content (AvgIpc) is 2.53. The molecule has 2 aromatic carbocycles. The van der Waals surface area contributed by atoms with Gasteiger partial charge < -0.3 is 0 Å². The molecule has 0 aliphatic carbocycles. The summed E-state index contributed by atoms with van der Waals surface area (Å²) in [6, 6.07) is 16.5. The number of carbonyl (C=O) groups excluding carboxylic acids is 1. The second kappa shape index (κ2) is 7.29. The molecule has 0 radical (unpaired) electrons. The Kier molecular flexibility index (Phi) is 5.42. The van der Waals surface area contributed by atoms with Crippen LogP contribution in [0.2, 0.25) is 0 Å². The average molecular weight is 300 g/mol. The highest BCUT2D eigenvalue weighted by Gasteiger charge is 2.13. The Morgan fingerprint density at radius 2 is 1.86 bits per heavy atom. The van der Waals surface area contributed by atoms with Crippen LogP contribution in [0.1, 0.15) is 29.5 Å². The topological polar surface area (TPSA) is 55.1 Å². The van der Waals surface area contributed by atoms with Crippen LogP contribution >= 0.6 is 11.8 Å². The van der Waals surface area contributed by atoms with Gasteiger partial charge in [-0.05, 0) is 36.6 Å². The van der Waals surface area contributed by atoms with Gasteiger partial charge in [0.05, 0.1) is 5.92 Å². The van der Waals surface area contributed by atoms with Crippen LogP contribution in [-0.4, -0.2) is 5.91 Å². The summed E-state index contributed by atoms with van der Waals surface area (Å²) in [5.74, 6) is 5.68. The van der Waals surface area contributed by atoms with Crippen molar-refractivity contribution in [1.29, 1.82) is 0 Å². The smallest absolute Gasteiger partial charge is 0.241 e. The van der Waals surface area contributed by atoms with E-state index in [4.69, 9.17) is 5.84 Å². The largest absolute Gasteiger partial charge is 0.294 e. The van der Waals surface area contributed by atoms with E-state index in [9.17, 15) is 4.79 Å². The highest BCUT2D eigenvalue weighted by atomic mass is 32.2. The SMILES string of the molecule is Cc1ccccc1SCc1ccc(C(C)C(=O)NN)cc1. The van der Waals surface area contributed by atoms with E-state index in [1.165, 1.54) is 16.0 Å². The maximum atomic E-state index is 11.5. The van der Waals surface area contributed by atoms with Crippen molar-refractivity contribution in [2.24, 2.45) is 5.84 Å². The second-order valence-corrected chi connectivity index (χ2v) is 6.04. The summed E-state index contributed by atoms with van der Waals surface area (Å²) in [6.07, 6.45) is 0. The molecule has 3 nitrogen and oxygen atoms in total. The zero-order valence-electron chi connectivity index (χ0n) is 12.3. The van der Waals surface area contributed by atoms with Crippen LogP contribution in [-0.2, 0) is 10.5 Å². The van der Waals surface area contributed by atoms with Crippen molar-refractivity contribution < 1.29 is 4.79 Å². The number of aryl methyl sites for hydroxylation is 1. The summed E-state index contributed by atoms with van der Waals surface area (Å²) in [5.41, 5.74) is 5.70. The summed E-state index contributed by atoms with van der Waals surface area (Å²) in [4.78, 5) is 12.8. The number of rotatable bonds is 5. The molecule has 4 heteroatoms. The molecular weight excluding hydrogens is 280 g/mol. The molecule has 21 heavy (non-hydrogen) atoms. The Hall–Kier alpha value is -1.78. The minimum absolute atomic E-state index is 0.169. The number of benzene rings is 2. The molecule has 3 N–H and O–H groups in total. The molecule has 0 saturated carbocycles. The summed E-state index contributed by atoms with van der Waals surface area (Å²) in [7, 11) is 0. The minimum Gasteiger partial charge on any atom is -0.294 e. The quantitative estimate of drug-likeness (QED) is 0.385. The Labute approximate surface area is 129 Å². The van der Waals surface area contributed by atoms with Crippen molar-refractivity contribution >= 4 is 17.7 Å². The summed E-state index contributed by atoms with van der Waals surface area (Å²) >= 11 is 1.83. The van der Waals surface area contributed by atoms with E-state index < -0.39 is 0 Å². The zero-order chi connectivity index (χ0) is 15.2. The lowest BCUT2D eigenvalue weighted by Gasteiger charge is -2.11. The lowest BCUT2D eigenvalue weighted by Crippen LogP contribution is -2.33. The normalized spacial score (nSPS) is 12.0. The van der Waals surface area contributed by atoms with Gasteiger partial charge in [-0.2, -0.15) is 0 Å². The number of nitrogens with two attached hydrogens (primary N) is 1. The van der Waals surface area contributed by atoms with Gasteiger partial charge in [0.1, 0.15) is 0 Å². The van der Waals surface area contributed by atoms with Crippen molar-refractivity contribution in [2.75, 3.05) is 0 Å². The lowest BCUT2D eigenvalue weighted by atomic mass is 9.99. The van der Waals surface area contributed by atoms with Gasteiger partial charge in [-0.3, -0.25) is 10.2 Å². The molecule has 0 aliphatic heterocycles. The number of amides is 1. The van der Waals surface area contributed by atoms with Crippen molar-refractivity contribution in [1.82, 2.24) is 5.43 Å². The van der Waals surface area contributed by atoms with Gasteiger partial charge in [-0.25, -0.2) is 5.84 Å². The van der Waals surface area contributed by atoms with Gasteiger partial charge in [0.2, 0.25) is 5.91 Å². The predicted molar refractivity (Wildman–Crippen MR) is 87.9 cm³/mol. The fraction of sp³-hybridized carbons (Fsp3) is 0.235. The third-order valence-corrected chi connectivity index (χ3v) is 4.75.